The molecular weight excluding hydrogens is 264 g/mol. The van der Waals surface area contributed by atoms with Crippen LogP contribution < -0.4 is 11.1 Å². The van der Waals surface area contributed by atoms with E-state index in [0.29, 0.717) is 12.2 Å². The Morgan fingerprint density at radius 2 is 1.84 bits per heavy atom. The van der Waals surface area contributed by atoms with Gasteiger partial charge in [0.1, 0.15) is 5.75 Å². The molecule has 0 saturated heterocycles. The quantitative estimate of drug-likeness (QED) is 0.820. The van der Waals surface area contributed by atoms with Gasteiger partial charge in [0.2, 0.25) is 5.91 Å². The number of anilines is 1. The summed E-state index contributed by atoms with van der Waals surface area (Å²) in [4.78, 5) is 11.6. The summed E-state index contributed by atoms with van der Waals surface area (Å²) in [5.74, 6) is -0.959. The van der Waals surface area contributed by atoms with E-state index >= 15 is 0 Å². The average Bonchev–Trinajstić information content (AvgIpc) is 2.27. The highest BCUT2D eigenvalue weighted by Gasteiger charge is 2.18. The van der Waals surface area contributed by atoms with Crippen LogP contribution in [0.1, 0.15) is 19.4 Å². The van der Waals surface area contributed by atoms with E-state index in [4.69, 9.17) is 5.73 Å². The summed E-state index contributed by atoms with van der Waals surface area (Å²) in [6.07, 6.45) is 0. The fourth-order valence-electron chi connectivity index (χ4n) is 1.69. The largest absolute Gasteiger partial charge is 0.326 e. The minimum Gasteiger partial charge on any atom is -0.326 e. The van der Waals surface area contributed by atoms with Gasteiger partial charge in [0.25, 0.3) is 0 Å². The summed E-state index contributed by atoms with van der Waals surface area (Å²) in [7, 11) is -3.35. The molecule has 0 bridgehead atoms. The lowest BCUT2D eigenvalue weighted by Gasteiger charge is -2.08. The Hall–Kier alpha value is -1.40. The smallest absolute Gasteiger partial charge is 0.239 e. The molecule has 0 aliphatic heterocycles. The molecule has 0 radical (unpaired) electrons. The molecule has 0 saturated carbocycles. The number of hydrogen-bond acceptors (Lipinski definition) is 4. The van der Waals surface area contributed by atoms with Crippen molar-refractivity contribution < 1.29 is 13.2 Å². The second-order valence-corrected chi connectivity index (χ2v) is 7.01. The number of hydrogen-bond donors (Lipinski definition) is 2. The highest BCUT2D eigenvalue weighted by Crippen LogP contribution is 2.09. The van der Waals surface area contributed by atoms with Crippen molar-refractivity contribution in [1.82, 2.24) is 0 Å². The first kappa shape index (κ1) is 15.7. The predicted molar refractivity (Wildman–Crippen MR) is 76.5 cm³/mol. The maximum atomic E-state index is 11.7. The second-order valence-electron chi connectivity index (χ2n) is 4.90. The highest BCUT2D eigenvalue weighted by atomic mass is 32.2. The zero-order valence-corrected chi connectivity index (χ0v) is 12.0. The molecule has 0 fully saturated rings. The number of sulfone groups is 1. The van der Waals surface area contributed by atoms with Crippen LogP contribution in [-0.4, -0.2) is 25.8 Å². The number of benzene rings is 1. The molecule has 3 N–H and O–H groups in total. The molecule has 1 aromatic carbocycles. The van der Waals surface area contributed by atoms with Gasteiger partial charge < -0.3 is 11.1 Å². The molecule has 5 nitrogen and oxygen atoms in total. The van der Waals surface area contributed by atoms with Crippen molar-refractivity contribution in [2.45, 2.75) is 20.4 Å². The molecule has 6 heteroatoms. The number of carbonyl (C=O) groups excluding carboxylic acids is 1. The van der Waals surface area contributed by atoms with Crippen LogP contribution in [0.2, 0.25) is 0 Å². The van der Waals surface area contributed by atoms with Crippen molar-refractivity contribution in [3.05, 3.63) is 29.8 Å². The predicted octanol–water partition coefficient (Wildman–Crippen LogP) is 1.15. The van der Waals surface area contributed by atoms with Crippen LogP contribution in [0, 0.1) is 5.92 Å². The van der Waals surface area contributed by atoms with Gasteiger partial charge in [-0.15, -0.1) is 0 Å². The molecule has 0 spiro atoms. The molecule has 1 rings (SSSR count). The summed E-state index contributed by atoms with van der Waals surface area (Å²) in [6.45, 7) is 4.04. The SMILES string of the molecule is CC(C)CS(=O)(=O)CC(=O)Nc1ccc(CN)cc1. The van der Waals surface area contributed by atoms with E-state index in [1.165, 1.54) is 0 Å². The first-order chi connectivity index (χ1) is 8.82. The van der Waals surface area contributed by atoms with Crippen molar-refractivity contribution in [1.29, 1.82) is 0 Å². The van der Waals surface area contributed by atoms with E-state index in [-0.39, 0.29) is 11.7 Å². The molecular formula is C13H20N2O3S. The van der Waals surface area contributed by atoms with E-state index in [1.54, 1.807) is 38.1 Å². The minimum absolute atomic E-state index is 0.0154. The molecule has 0 aromatic heterocycles. The number of amides is 1. The normalized spacial score (nSPS) is 11.6. The van der Waals surface area contributed by atoms with Crippen LogP contribution in [0.4, 0.5) is 5.69 Å². The Bertz CT molecular complexity index is 521. The third-order valence-corrected chi connectivity index (χ3v) is 4.29. The number of carbonyl (C=O) groups is 1. The Balaban J connectivity index is 2.59. The van der Waals surface area contributed by atoms with E-state index in [0.717, 1.165) is 5.56 Å². The van der Waals surface area contributed by atoms with Gasteiger partial charge in [0.05, 0.1) is 5.75 Å². The van der Waals surface area contributed by atoms with Gasteiger partial charge in [-0.3, -0.25) is 4.79 Å². The molecule has 0 atom stereocenters. The van der Waals surface area contributed by atoms with Gasteiger partial charge >= 0.3 is 0 Å². The Kier molecular flexibility index (Phi) is 5.50. The second kappa shape index (κ2) is 6.68. The van der Waals surface area contributed by atoms with E-state index in [1.807, 2.05) is 0 Å². The Morgan fingerprint density at radius 1 is 1.26 bits per heavy atom. The van der Waals surface area contributed by atoms with Gasteiger partial charge in [0.15, 0.2) is 9.84 Å². The van der Waals surface area contributed by atoms with Crippen molar-refractivity contribution >= 4 is 21.4 Å². The van der Waals surface area contributed by atoms with E-state index in [9.17, 15) is 13.2 Å². The van der Waals surface area contributed by atoms with Crippen LogP contribution >= 0.6 is 0 Å². The fourth-order valence-corrected chi connectivity index (χ4v) is 3.29. The van der Waals surface area contributed by atoms with Crippen LogP contribution in [0.15, 0.2) is 24.3 Å². The monoisotopic (exact) mass is 284 g/mol. The molecule has 0 heterocycles. The summed E-state index contributed by atoms with van der Waals surface area (Å²) in [5, 5.41) is 2.56. The van der Waals surface area contributed by atoms with Crippen LogP contribution in [0.25, 0.3) is 0 Å². The molecule has 1 aromatic rings. The minimum atomic E-state index is -3.35. The Morgan fingerprint density at radius 3 is 2.32 bits per heavy atom. The zero-order valence-electron chi connectivity index (χ0n) is 11.2. The lowest BCUT2D eigenvalue weighted by atomic mass is 10.2. The van der Waals surface area contributed by atoms with Crippen molar-refractivity contribution in [2.75, 3.05) is 16.8 Å². The molecule has 0 aliphatic rings. The summed E-state index contributed by atoms with van der Waals surface area (Å²) in [5.41, 5.74) is 6.98. The third-order valence-electron chi connectivity index (χ3n) is 2.41. The average molecular weight is 284 g/mol. The van der Waals surface area contributed by atoms with E-state index in [2.05, 4.69) is 5.32 Å². The summed E-state index contributed by atoms with van der Waals surface area (Å²) >= 11 is 0. The van der Waals surface area contributed by atoms with E-state index < -0.39 is 21.5 Å². The maximum absolute atomic E-state index is 11.7. The number of rotatable bonds is 6. The summed E-state index contributed by atoms with van der Waals surface area (Å²) < 4.78 is 23.3. The van der Waals surface area contributed by atoms with Gasteiger partial charge in [-0.2, -0.15) is 0 Å². The van der Waals surface area contributed by atoms with Gasteiger partial charge in [-0.1, -0.05) is 26.0 Å². The third kappa shape index (κ3) is 5.85. The molecule has 19 heavy (non-hydrogen) atoms. The van der Waals surface area contributed by atoms with Gasteiger partial charge in [0, 0.05) is 12.2 Å². The van der Waals surface area contributed by atoms with Crippen LogP contribution in [0.3, 0.4) is 0 Å². The summed E-state index contributed by atoms with van der Waals surface area (Å²) in [6, 6.07) is 6.99. The lowest BCUT2D eigenvalue weighted by Crippen LogP contribution is -2.26. The topological polar surface area (TPSA) is 89.3 Å². The maximum Gasteiger partial charge on any atom is 0.239 e. The Labute approximate surface area is 114 Å². The first-order valence-corrected chi connectivity index (χ1v) is 7.94. The molecule has 106 valence electrons. The van der Waals surface area contributed by atoms with Crippen molar-refractivity contribution in [3.8, 4) is 0 Å². The lowest BCUT2D eigenvalue weighted by molar-refractivity contribution is -0.113. The standard InChI is InChI=1S/C13H20N2O3S/c1-10(2)8-19(17,18)9-13(16)15-12-5-3-11(7-14)4-6-12/h3-6,10H,7-9,14H2,1-2H3,(H,15,16). The first-order valence-electron chi connectivity index (χ1n) is 6.11. The van der Waals surface area contributed by atoms with Crippen LogP contribution in [-0.2, 0) is 21.2 Å². The zero-order chi connectivity index (χ0) is 14.5. The molecule has 1 amide bonds. The number of nitrogens with one attached hydrogen (secondary N) is 1. The fraction of sp³-hybridized carbons (Fsp3) is 0.462. The van der Waals surface area contributed by atoms with Crippen molar-refractivity contribution in [3.63, 3.8) is 0 Å². The highest BCUT2D eigenvalue weighted by molar-refractivity contribution is 7.92. The van der Waals surface area contributed by atoms with Crippen molar-refractivity contribution in [2.24, 2.45) is 11.7 Å². The van der Waals surface area contributed by atoms with Gasteiger partial charge in [-0.05, 0) is 23.6 Å². The van der Waals surface area contributed by atoms with Gasteiger partial charge in [-0.25, -0.2) is 8.42 Å². The number of nitrogens with two attached hydrogens (primary N) is 1. The molecule has 0 aliphatic carbocycles. The van der Waals surface area contributed by atoms with Crippen LogP contribution in [0.5, 0.6) is 0 Å². The molecule has 0 unspecified atom stereocenters.